The van der Waals surface area contributed by atoms with Gasteiger partial charge in [-0.15, -0.1) is 0 Å². The van der Waals surface area contributed by atoms with Crippen molar-refractivity contribution < 1.29 is 19.4 Å². The third-order valence-electron chi connectivity index (χ3n) is 5.73. The monoisotopic (exact) mass is 522 g/mol. The number of aliphatic hydroxyl groups is 1. The number of amides is 3. The molecule has 0 bridgehead atoms. The molecule has 1 saturated heterocycles. The lowest BCUT2D eigenvalue weighted by atomic mass is 10.2. The minimum Gasteiger partial charge on any atom is -0.444 e. The Morgan fingerprint density at radius 1 is 1.03 bits per heavy atom. The number of urea groups is 1. The quantitative estimate of drug-likeness (QED) is 0.343. The zero-order chi connectivity index (χ0) is 27.1. The molecule has 3 amide bonds. The number of rotatable bonds is 7. The molecule has 0 saturated carbocycles. The first-order valence-corrected chi connectivity index (χ1v) is 12.6. The van der Waals surface area contributed by atoms with Crippen LogP contribution in [0.25, 0.3) is 11.0 Å². The molecule has 12 nitrogen and oxygen atoms in total. The molecule has 202 valence electrons. The number of aliphatic hydroxyl groups excluding tert-OH is 1. The highest BCUT2D eigenvalue weighted by Crippen LogP contribution is 2.23. The van der Waals surface area contributed by atoms with Crippen LogP contribution >= 0.6 is 0 Å². The molecule has 1 aromatic carbocycles. The zero-order valence-corrected chi connectivity index (χ0v) is 21.9. The molecular formula is C26H34N8O4. The predicted octanol–water partition coefficient (Wildman–Crippen LogP) is 3.33. The van der Waals surface area contributed by atoms with Crippen molar-refractivity contribution >= 4 is 46.3 Å². The summed E-state index contributed by atoms with van der Waals surface area (Å²) in [4.78, 5) is 41.5. The smallest absolute Gasteiger partial charge is 0.410 e. The van der Waals surface area contributed by atoms with E-state index in [2.05, 4.69) is 35.8 Å². The topological polar surface area (TPSA) is 145 Å². The number of carbonyl (C=O) groups excluding carboxylic acids is 2. The molecule has 3 aromatic rings. The van der Waals surface area contributed by atoms with Gasteiger partial charge in [0, 0.05) is 62.3 Å². The number of nitrogens with zero attached hydrogens (tertiary/aromatic N) is 5. The number of hydrogen-bond donors (Lipinski definition) is 4. The van der Waals surface area contributed by atoms with Crippen LogP contribution in [-0.4, -0.2) is 82.0 Å². The molecule has 3 heterocycles. The van der Waals surface area contributed by atoms with E-state index >= 15 is 0 Å². The van der Waals surface area contributed by atoms with E-state index in [-0.39, 0.29) is 12.7 Å². The number of aromatic nitrogens is 3. The van der Waals surface area contributed by atoms with Crippen LogP contribution in [-0.2, 0) is 4.74 Å². The fourth-order valence-electron chi connectivity index (χ4n) is 3.84. The van der Waals surface area contributed by atoms with Crippen molar-refractivity contribution in [1.29, 1.82) is 0 Å². The number of pyridine rings is 1. The van der Waals surface area contributed by atoms with Crippen molar-refractivity contribution in [3.63, 3.8) is 0 Å². The first-order chi connectivity index (χ1) is 18.2. The fraction of sp³-hybridized carbons (Fsp3) is 0.423. The van der Waals surface area contributed by atoms with Crippen LogP contribution < -0.4 is 20.9 Å². The number of fused-ring (bicyclic) bond motifs is 1. The van der Waals surface area contributed by atoms with Gasteiger partial charge < -0.3 is 30.3 Å². The summed E-state index contributed by atoms with van der Waals surface area (Å²) in [6.07, 6.45) is 1.87. The first kappa shape index (κ1) is 26.9. The van der Waals surface area contributed by atoms with Crippen LogP contribution in [0.2, 0.25) is 0 Å². The maximum absolute atomic E-state index is 12.3. The highest BCUT2D eigenvalue weighted by Gasteiger charge is 2.26. The molecule has 0 spiro atoms. The van der Waals surface area contributed by atoms with E-state index in [0.717, 1.165) is 29.9 Å². The molecule has 2 aromatic heterocycles. The third-order valence-corrected chi connectivity index (χ3v) is 5.73. The molecule has 0 unspecified atom stereocenters. The lowest BCUT2D eigenvalue weighted by molar-refractivity contribution is 0.0240. The number of anilines is 4. The average Bonchev–Trinajstić information content (AvgIpc) is 2.88. The summed E-state index contributed by atoms with van der Waals surface area (Å²) >= 11 is 0. The molecule has 38 heavy (non-hydrogen) atoms. The van der Waals surface area contributed by atoms with Crippen LogP contribution in [0, 0.1) is 0 Å². The van der Waals surface area contributed by atoms with Crippen LogP contribution in [0.1, 0.15) is 27.2 Å². The number of hydrogen-bond acceptors (Lipinski definition) is 9. The molecule has 1 aliphatic heterocycles. The van der Waals surface area contributed by atoms with E-state index in [4.69, 9.17) is 9.84 Å². The van der Waals surface area contributed by atoms with Gasteiger partial charge in [-0.25, -0.2) is 19.6 Å². The normalized spacial score (nSPS) is 13.8. The Balaban J connectivity index is 1.34. The molecular weight excluding hydrogens is 488 g/mol. The largest absolute Gasteiger partial charge is 0.444 e. The van der Waals surface area contributed by atoms with Gasteiger partial charge in [-0.3, -0.25) is 5.32 Å². The first-order valence-electron chi connectivity index (χ1n) is 12.6. The lowest BCUT2D eigenvalue weighted by Crippen LogP contribution is -2.50. The molecule has 4 rings (SSSR count). The van der Waals surface area contributed by atoms with E-state index in [0.29, 0.717) is 43.5 Å². The van der Waals surface area contributed by atoms with Gasteiger partial charge in [0.1, 0.15) is 11.4 Å². The zero-order valence-electron chi connectivity index (χ0n) is 21.9. The lowest BCUT2D eigenvalue weighted by Gasteiger charge is -2.36. The summed E-state index contributed by atoms with van der Waals surface area (Å²) in [5.74, 6) is 0.744. The van der Waals surface area contributed by atoms with Gasteiger partial charge >= 0.3 is 12.1 Å². The molecule has 0 aliphatic carbocycles. The summed E-state index contributed by atoms with van der Waals surface area (Å²) in [7, 11) is 0. The summed E-state index contributed by atoms with van der Waals surface area (Å²) in [5, 5.41) is 18.1. The van der Waals surface area contributed by atoms with E-state index in [1.54, 1.807) is 23.2 Å². The van der Waals surface area contributed by atoms with Crippen LogP contribution in [0.15, 0.2) is 42.6 Å². The number of nitrogens with one attached hydrogen (secondary N) is 3. The maximum atomic E-state index is 12.3. The van der Waals surface area contributed by atoms with Crippen molar-refractivity contribution in [2.24, 2.45) is 0 Å². The Labute approximate surface area is 221 Å². The molecule has 4 N–H and O–H groups in total. The molecule has 12 heteroatoms. The average molecular weight is 523 g/mol. The number of benzene rings is 1. The van der Waals surface area contributed by atoms with Gasteiger partial charge in [-0.05, 0) is 63.6 Å². The Morgan fingerprint density at radius 3 is 2.45 bits per heavy atom. The van der Waals surface area contributed by atoms with Gasteiger partial charge in [0.25, 0.3) is 0 Å². The van der Waals surface area contributed by atoms with E-state index in [1.807, 2.05) is 45.0 Å². The summed E-state index contributed by atoms with van der Waals surface area (Å²) < 4.78 is 5.47. The minimum absolute atomic E-state index is 0.0107. The van der Waals surface area contributed by atoms with Crippen molar-refractivity contribution in [3.8, 4) is 0 Å². The Hall–Kier alpha value is -4.19. The highest BCUT2D eigenvalue weighted by molar-refractivity contribution is 5.89. The molecule has 1 fully saturated rings. The Bertz CT molecular complexity index is 1250. The number of piperazine rings is 1. The van der Waals surface area contributed by atoms with Crippen LogP contribution in [0.5, 0.6) is 0 Å². The predicted molar refractivity (Wildman–Crippen MR) is 146 cm³/mol. The van der Waals surface area contributed by atoms with Crippen molar-refractivity contribution in [2.75, 3.05) is 54.9 Å². The van der Waals surface area contributed by atoms with Crippen molar-refractivity contribution in [3.05, 3.63) is 42.6 Å². The summed E-state index contributed by atoms with van der Waals surface area (Å²) in [6, 6.07) is 11.0. The maximum Gasteiger partial charge on any atom is 0.410 e. The van der Waals surface area contributed by atoms with Gasteiger partial charge in [0.2, 0.25) is 5.95 Å². The second-order valence-electron chi connectivity index (χ2n) is 9.89. The van der Waals surface area contributed by atoms with Gasteiger partial charge in [0.15, 0.2) is 5.65 Å². The fourth-order valence-corrected chi connectivity index (χ4v) is 3.84. The number of carbonyl (C=O) groups is 2. The van der Waals surface area contributed by atoms with Crippen LogP contribution in [0.4, 0.5) is 32.7 Å². The second kappa shape index (κ2) is 11.9. The van der Waals surface area contributed by atoms with E-state index < -0.39 is 11.6 Å². The van der Waals surface area contributed by atoms with E-state index in [1.165, 1.54) is 0 Å². The molecule has 0 atom stereocenters. The second-order valence-corrected chi connectivity index (χ2v) is 9.89. The van der Waals surface area contributed by atoms with E-state index in [9.17, 15) is 9.59 Å². The minimum atomic E-state index is -0.502. The van der Waals surface area contributed by atoms with Crippen molar-refractivity contribution in [2.45, 2.75) is 32.8 Å². The molecule has 0 radical (unpaired) electrons. The molecule has 1 aliphatic rings. The van der Waals surface area contributed by atoms with Crippen molar-refractivity contribution in [1.82, 2.24) is 25.2 Å². The highest BCUT2D eigenvalue weighted by atomic mass is 16.6. The number of ether oxygens (including phenoxy) is 1. The SMILES string of the molecule is CC(C)(C)OC(=O)N1CCN(c2ccc(Nc3ncc4ccc(NC(=O)NCCCO)nc4n3)cc2)CC1. The van der Waals surface area contributed by atoms with Gasteiger partial charge in [-0.1, -0.05) is 0 Å². The summed E-state index contributed by atoms with van der Waals surface area (Å²) in [6.45, 7) is 8.65. The van der Waals surface area contributed by atoms with Gasteiger partial charge in [0.05, 0.1) is 0 Å². The van der Waals surface area contributed by atoms with Gasteiger partial charge in [-0.2, -0.15) is 4.98 Å². The Kier molecular flexibility index (Phi) is 8.41. The Morgan fingerprint density at radius 2 is 1.76 bits per heavy atom. The third kappa shape index (κ3) is 7.42. The standard InChI is InChI=1S/C26H34N8O4/c1-26(2,3)38-25(37)34-14-12-33(13-15-34)20-8-6-19(7-9-20)29-23-28-17-18-5-10-21(30-22(18)32-23)31-24(36)27-11-4-16-35/h5-10,17,35H,4,11-16H2,1-3H3,(H3,27,28,29,30,31,32,36). The van der Waals surface area contributed by atoms with Crippen LogP contribution in [0.3, 0.4) is 0 Å². The summed E-state index contributed by atoms with van der Waals surface area (Å²) in [5.41, 5.74) is 1.82.